The van der Waals surface area contributed by atoms with Gasteiger partial charge in [0.15, 0.2) is 0 Å². The highest BCUT2D eigenvalue weighted by molar-refractivity contribution is 6.00. The fraction of sp³-hybridized carbons (Fsp3) is 0.227. The SMILES string of the molecule is CC(C)(C(=O)N1CCc2ccccc21)n1nc(-c2ccc(F)cc2)ccc1=O. The smallest absolute Gasteiger partial charge is 0.267 e. The van der Waals surface area contributed by atoms with Crippen molar-refractivity contribution >= 4 is 11.6 Å². The van der Waals surface area contributed by atoms with Gasteiger partial charge in [0.25, 0.3) is 11.5 Å². The minimum atomic E-state index is -1.18. The summed E-state index contributed by atoms with van der Waals surface area (Å²) in [5, 5.41) is 4.43. The molecule has 1 aliphatic heterocycles. The van der Waals surface area contributed by atoms with Crippen LogP contribution in [0, 0.1) is 5.82 Å². The topological polar surface area (TPSA) is 55.2 Å². The molecule has 0 atom stereocenters. The van der Waals surface area contributed by atoms with E-state index >= 15 is 0 Å². The molecule has 0 spiro atoms. The fourth-order valence-electron chi connectivity index (χ4n) is 3.56. The van der Waals surface area contributed by atoms with Crippen LogP contribution >= 0.6 is 0 Å². The maximum absolute atomic E-state index is 13.4. The standard InChI is InChI=1S/C22H20FN3O2/c1-22(2,21(28)25-14-13-16-5-3-4-6-19(16)25)26-20(27)12-11-18(24-26)15-7-9-17(23)10-8-15/h3-12H,13-14H2,1-2H3. The van der Waals surface area contributed by atoms with E-state index in [2.05, 4.69) is 5.10 Å². The van der Waals surface area contributed by atoms with Crippen molar-refractivity contribution in [2.45, 2.75) is 25.8 Å². The number of nitrogens with zero attached hydrogens (tertiary/aromatic N) is 3. The van der Waals surface area contributed by atoms with E-state index in [0.29, 0.717) is 17.8 Å². The Morgan fingerprint density at radius 1 is 1.04 bits per heavy atom. The lowest BCUT2D eigenvalue weighted by molar-refractivity contribution is -0.126. The van der Waals surface area contributed by atoms with Crippen molar-refractivity contribution in [2.75, 3.05) is 11.4 Å². The zero-order valence-corrected chi connectivity index (χ0v) is 15.7. The van der Waals surface area contributed by atoms with E-state index in [-0.39, 0.29) is 17.3 Å². The molecule has 0 unspecified atom stereocenters. The molecule has 4 rings (SSSR count). The van der Waals surface area contributed by atoms with Gasteiger partial charge in [-0.1, -0.05) is 18.2 Å². The van der Waals surface area contributed by atoms with E-state index in [1.54, 1.807) is 36.9 Å². The fourth-order valence-corrected chi connectivity index (χ4v) is 3.56. The normalized spacial score (nSPS) is 13.5. The second kappa shape index (κ2) is 6.71. The zero-order chi connectivity index (χ0) is 19.9. The Morgan fingerprint density at radius 3 is 2.50 bits per heavy atom. The Labute approximate surface area is 162 Å². The van der Waals surface area contributed by atoms with Gasteiger partial charge in [-0.25, -0.2) is 9.07 Å². The van der Waals surface area contributed by atoms with Gasteiger partial charge in [0.2, 0.25) is 0 Å². The molecule has 2 heterocycles. The van der Waals surface area contributed by atoms with Crippen LogP contribution in [0.3, 0.4) is 0 Å². The van der Waals surface area contributed by atoms with Crippen LogP contribution in [-0.2, 0) is 16.8 Å². The van der Waals surface area contributed by atoms with Crippen LogP contribution in [0.2, 0.25) is 0 Å². The monoisotopic (exact) mass is 377 g/mol. The highest BCUT2D eigenvalue weighted by Gasteiger charge is 2.38. The molecule has 0 fully saturated rings. The molecule has 1 amide bonds. The first-order chi connectivity index (χ1) is 13.4. The molecule has 5 nitrogen and oxygen atoms in total. The molecule has 0 saturated heterocycles. The number of amides is 1. The summed E-state index contributed by atoms with van der Waals surface area (Å²) in [7, 11) is 0. The van der Waals surface area contributed by atoms with E-state index in [9.17, 15) is 14.0 Å². The Morgan fingerprint density at radius 2 is 1.75 bits per heavy atom. The average molecular weight is 377 g/mol. The maximum Gasteiger partial charge on any atom is 0.267 e. The number of anilines is 1. The van der Waals surface area contributed by atoms with Crippen LogP contribution in [0.5, 0.6) is 0 Å². The molecule has 0 radical (unpaired) electrons. The van der Waals surface area contributed by atoms with Crippen molar-refractivity contribution in [1.29, 1.82) is 0 Å². The van der Waals surface area contributed by atoms with Crippen LogP contribution in [0.1, 0.15) is 19.4 Å². The lowest BCUT2D eigenvalue weighted by atomic mass is 10.0. The number of benzene rings is 2. The quantitative estimate of drug-likeness (QED) is 0.703. The van der Waals surface area contributed by atoms with Gasteiger partial charge in [-0.3, -0.25) is 9.59 Å². The van der Waals surface area contributed by atoms with Crippen molar-refractivity contribution in [3.05, 3.63) is 82.4 Å². The van der Waals surface area contributed by atoms with E-state index in [1.807, 2.05) is 24.3 Å². The number of aromatic nitrogens is 2. The van der Waals surface area contributed by atoms with Gasteiger partial charge >= 0.3 is 0 Å². The van der Waals surface area contributed by atoms with Gasteiger partial charge in [-0.2, -0.15) is 5.10 Å². The first-order valence-corrected chi connectivity index (χ1v) is 9.14. The number of halogens is 1. The summed E-state index contributed by atoms with van der Waals surface area (Å²) >= 11 is 0. The number of carbonyl (C=O) groups excluding carboxylic acids is 1. The third kappa shape index (κ3) is 3.01. The molecule has 0 aliphatic carbocycles. The predicted octanol–water partition coefficient (Wildman–Crippen LogP) is 3.37. The van der Waals surface area contributed by atoms with Gasteiger partial charge < -0.3 is 4.90 Å². The number of carbonyl (C=O) groups is 1. The van der Waals surface area contributed by atoms with Crippen molar-refractivity contribution in [2.24, 2.45) is 0 Å². The average Bonchev–Trinajstić information content (AvgIpc) is 3.12. The second-order valence-corrected chi connectivity index (χ2v) is 7.37. The van der Waals surface area contributed by atoms with Crippen LogP contribution in [-0.4, -0.2) is 22.2 Å². The van der Waals surface area contributed by atoms with Gasteiger partial charge in [0.05, 0.1) is 5.69 Å². The molecule has 142 valence electrons. The van der Waals surface area contributed by atoms with Crippen LogP contribution in [0.15, 0.2) is 65.5 Å². The van der Waals surface area contributed by atoms with Crippen LogP contribution in [0.25, 0.3) is 11.3 Å². The van der Waals surface area contributed by atoms with E-state index in [1.165, 1.54) is 22.9 Å². The molecule has 28 heavy (non-hydrogen) atoms. The molecule has 0 saturated carbocycles. The lowest BCUT2D eigenvalue weighted by Gasteiger charge is -2.30. The van der Waals surface area contributed by atoms with E-state index < -0.39 is 5.54 Å². The highest BCUT2D eigenvalue weighted by atomic mass is 19.1. The van der Waals surface area contributed by atoms with Gasteiger partial charge in [0.1, 0.15) is 11.4 Å². The summed E-state index contributed by atoms with van der Waals surface area (Å²) in [5.74, 6) is -0.538. The second-order valence-electron chi connectivity index (χ2n) is 7.37. The van der Waals surface area contributed by atoms with Crippen LogP contribution < -0.4 is 10.5 Å². The van der Waals surface area contributed by atoms with Crippen molar-refractivity contribution in [3.63, 3.8) is 0 Å². The predicted molar refractivity (Wildman–Crippen MR) is 106 cm³/mol. The Hall–Kier alpha value is -3.28. The zero-order valence-electron chi connectivity index (χ0n) is 15.7. The third-order valence-electron chi connectivity index (χ3n) is 5.13. The van der Waals surface area contributed by atoms with E-state index in [0.717, 1.165) is 17.7 Å². The lowest BCUT2D eigenvalue weighted by Crippen LogP contribution is -2.51. The molecule has 0 N–H and O–H groups in total. The van der Waals surface area contributed by atoms with Crippen molar-refractivity contribution in [3.8, 4) is 11.3 Å². The number of rotatable bonds is 3. The molecule has 0 bridgehead atoms. The van der Waals surface area contributed by atoms with Crippen molar-refractivity contribution < 1.29 is 9.18 Å². The highest BCUT2D eigenvalue weighted by Crippen LogP contribution is 2.31. The van der Waals surface area contributed by atoms with Gasteiger partial charge in [-0.15, -0.1) is 0 Å². The van der Waals surface area contributed by atoms with Crippen molar-refractivity contribution in [1.82, 2.24) is 9.78 Å². The first kappa shape index (κ1) is 18.1. The van der Waals surface area contributed by atoms with Crippen LogP contribution in [0.4, 0.5) is 10.1 Å². The maximum atomic E-state index is 13.4. The van der Waals surface area contributed by atoms with E-state index in [4.69, 9.17) is 0 Å². The Bertz CT molecular complexity index is 1100. The number of fused-ring (bicyclic) bond motifs is 1. The summed E-state index contributed by atoms with van der Waals surface area (Å²) in [6.45, 7) is 3.96. The molecule has 2 aromatic carbocycles. The third-order valence-corrected chi connectivity index (χ3v) is 5.13. The molecule has 6 heteroatoms. The first-order valence-electron chi connectivity index (χ1n) is 9.14. The van der Waals surface area contributed by atoms with Gasteiger partial charge in [0, 0.05) is 23.9 Å². The number of hydrogen-bond donors (Lipinski definition) is 0. The minimum absolute atomic E-state index is 0.191. The molecule has 1 aliphatic rings. The minimum Gasteiger partial charge on any atom is -0.310 e. The molecule has 1 aromatic heterocycles. The summed E-state index contributed by atoms with van der Waals surface area (Å²) < 4.78 is 14.4. The molecule has 3 aromatic rings. The van der Waals surface area contributed by atoms with Gasteiger partial charge in [-0.05, 0) is 62.2 Å². The number of hydrogen-bond acceptors (Lipinski definition) is 3. The largest absolute Gasteiger partial charge is 0.310 e. The Balaban J connectivity index is 1.73. The molecular formula is C22H20FN3O2. The molecular weight excluding hydrogens is 357 g/mol. The summed E-state index contributed by atoms with van der Waals surface area (Å²) in [4.78, 5) is 27.6. The summed E-state index contributed by atoms with van der Waals surface area (Å²) in [5.41, 5.74) is 1.63. The Kier molecular flexibility index (Phi) is 4.34. The summed E-state index contributed by atoms with van der Waals surface area (Å²) in [6.07, 6.45) is 0.788. The summed E-state index contributed by atoms with van der Waals surface area (Å²) in [6, 6.07) is 16.6. The number of para-hydroxylation sites is 1.